The molecule has 1 atom stereocenters. The molecule has 0 bridgehead atoms. The number of hydrogen-bond acceptors (Lipinski definition) is 4. The Morgan fingerprint density at radius 3 is 2.58 bits per heavy atom. The molecule has 1 aliphatic heterocycles. The average molecular weight is 414 g/mol. The van der Waals surface area contributed by atoms with Crippen LogP contribution in [0.2, 0.25) is 0 Å². The molecule has 3 heterocycles. The van der Waals surface area contributed by atoms with Gasteiger partial charge in [-0.1, -0.05) is 42.5 Å². The number of H-pyrrole nitrogens is 1. The van der Waals surface area contributed by atoms with Crippen LogP contribution in [0, 0.1) is 6.92 Å². The fourth-order valence-corrected chi connectivity index (χ4v) is 4.25. The Bertz CT molecular complexity index is 1340. The number of amides is 1. The Kier molecular flexibility index (Phi) is 4.58. The Morgan fingerprint density at radius 1 is 1.06 bits per heavy atom. The summed E-state index contributed by atoms with van der Waals surface area (Å²) < 4.78 is 6.89. The molecule has 0 saturated carbocycles. The molecule has 1 N–H and O–H groups in total. The van der Waals surface area contributed by atoms with Crippen LogP contribution in [0.25, 0.3) is 16.9 Å². The number of benzene rings is 2. The molecule has 1 unspecified atom stereocenters. The molecule has 0 radical (unpaired) electrons. The van der Waals surface area contributed by atoms with Crippen molar-refractivity contribution in [2.75, 3.05) is 18.6 Å². The number of carbonyl (C=O) groups is 1. The van der Waals surface area contributed by atoms with Gasteiger partial charge < -0.3 is 9.64 Å². The first-order valence-corrected chi connectivity index (χ1v) is 10.2. The van der Waals surface area contributed by atoms with Gasteiger partial charge in [0.2, 0.25) is 5.91 Å². The van der Waals surface area contributed by atoms with E-state index < -0.39 is 0 Å². The van der Waals surface area contributed by atoms with Crippen LogP contribution in [0.5, 0.6) is 5.75 Å². The number of ether oxygens (including phenoxy) is 1. The lowest BCUT2D eigenvalue weighted by Crippen LogP contribution is -2.25. The first-order valence-electron chi connectivity index (χ1n) is 10.2. The number of aromatic nitrogens is 3. The number of nitrogens with one attached hydrogen (secondary N) is 1. The summed E-state index contributed by atoms with van der Waals surface area (Å²) in [6.45, 7) is 2.40. The highest BCUT2D eigenvalue weighted by Gasteiger charge is 2.34. The molecule has 4 aromatic rings. The number of aromatic amines is 1. The summed E-state index contributed by atoms with van der Waals surface area (Å²) in [5.74, 6) is 0.478. The molecule has 1 amide bonds. The quantitative estimate of drug-likeness (QED) is 0.554. The zero-order chi connectivity index (χ0) is 21.5. The summed E-state index contributed by atoms with van der Waals surface area (Å²) in [4.78, 5) is 32.1. The topological polar surface area (TPSA) is 79.7 Å². The van der Waals surface area contributed by atoms with E-state index >= 15 is 0 Å². The predicted octanol–water partition coefficient (Wildman–Crippen LogP) is 3.53. The highest BCUT2D eigenvalue weighted by Crippen LogP contribution is 2.36. The fourth-order valence-electron chi connectivity index (χ4n) is 4.25. The summed E-state index contributed by atoms with van der Waals surface area (Å²) in [5.41, 5.74) is 4.52. The maximum absolute atomic E-state index is 12.9. The fraction of sp³-hybridized carbons (Fsp3) is 0.208. The van der Waals surface area contributed by atoms with Crippen LogP contribution in [0.4, 0.5) is 5.69 Å². The summed E-state index contributed by atoms with van der Waals surface area (Å²) in [7, 11) is 1.59. The first kappa shape index (κ1) is 19.1. The minimum atomic E-state index is -0.187. The third-order valence-electron chi connectivity index (χ3n) is 5.85. The molecule has 1 saturated heterocycles. The van der Waals surface area contributed by atoms with Gasteiger partial charge >= 0.3 is 0 Å². The monoisotopic (exact) mass is 414 g/mol. The van der Waals surface area contributed by atoms with Crippen molar-refractivity contribution < 1.29 is 9.53 Å². The molecule has 31 heavy (non-hydrogen) atoms. The van der Waals surface area contributed by atoms with Crippen molar-refractivity contribution in [3.05, 3.63) is 82.3 Å². The number of para-hydroxylation sites is 2. The molecule has 2 aromatic heterocycles. The number of anilines is 1. The second-order valence-electron chi connectivity index (χ2n) is 7.73. The van der Waals surface area contributed by atoms with Crippen LogP contribution < -0.4 is 15.2 Å². The Labute approximate surface area is 178 Å². The summed E-state index contributed by atoms with van der Waals surface area (Å²) in [6, 6.07) is 18.8. The van der Waals surface area contributed by atoms with Gasteiger partial charge in [0.15, 0.2) is 5.65 Å². The van der Waals surface area contributed by atoms with E-state index in [0.29, 0.717) is 30.1 Å². The van der Waals surface area contributed by atoms with Gasteiger partial charge in [0.25, 0.3) is 5.56 Å². The maximum Gasteiger partial charge on any atom is 0.272 e. The van der Waals surface area contributed by atoms with Crippen molar-refractivity contribution in [2.24, 2.45) is 0 Å². The third-order valence-corrected chi connectivity index (χ3v) is 5.85. The Balaban J connectivity index is 1.53. The van der Waals surface area contributed by atoms with Crippen LogP contribution >= 0.6 is 0 Å². The van der Waals surface area contributed by atoms with Gasteiger partial charge in [0.05, 0.1) is 24.2 Å². The normalized spacial score (nSPS) is 16.3. The van der Waals surface area contributed by atoms with Crippen LogP contribution in [0.15, 0.2) is 65.5 Å². The van der Waals surface area contributed by atoms with Crippen LogP contribution in [-0.2, 0) is 4.79 Å². The van der Waals surface area contributed by atoms with E-state index in [2.05, 4.69) is 5.10 Å². The average Bonchev–Trinajstić information content (AvgIpc) is 3.35. The number of hydrogen-bond donors (Lipinski definition) is 1. The summed E-state index contributed by atoms with van der Waals surface area (Å²) in [6.07, 6.45) is 0.301. The standard InChI is InChI=1S/C24H22N4O3/c1-15-23(16-8-4-3-5-9-16)26-28-22(30)13-18(25-24(15)28)17-12-21(29)27(14-17)19-10-6-7-11-20(19)31-2/h3-11,13,17,26H,12,14H2,1-2H3. The molecular formula is C24H22N4O3. The molecule has 5 rings (SSSR count). The molecule has 0 spiro atoms. The number of rotatable bonds is 4. The molecule has 7 nitrogen and oxygen atoms in total. The number of nitrogens with zero attached hydrogens (tertiary/aromatic N) is 3. The van der Waals surface area contributed by atoms with E-state index in [0.717, 1.165) is 22.5 Å². The van der Waals surface area contributed by atoms with Crippen molar-refractivity contribution in [3.8, 4) is 17.0 Å². The molecule has 7 heteroatoms. The molecule has 1 aliphatic rings. The van der Waals surface area contributed by atoms with Crippen molar-refractivity contribution in [1.82, 2.24) is 14.6 Å². The lowest BCUT2D eigenvalue weighted by Gasteiger charge is -2.19. The van der Waals surface area contributed by atoms with Crippen LogP contribution in [0.3, 0.4) is 0 Å². The van der Waals surface area contributed by atoms with Crippen LogP contribution in [-0.4, -0.2) is 34.2 Å². The minimum absolute atomic E-state index is 0.00716. The number of carbonyl (C=O) groups excluding carboxylic acids is 1. The Morgan fingerprint density at radius 2 is 1.81 bits per heavy atom. The number of methoxy groups -OCH3 is 1. The molecule has 2 aromatic carbocycles. The van der Waals surface area contributed by atoms with E-state index in [1.165, 1.54) is 10.6 Å². The van der Waals surface area contributed by atoms with E-state index in [4.69, 9.17) is 9.72 Å². The highest BCUT2D eigenvalue weighted by molar-refractivity contribution is 5.97. The van der Waals surface area contributed by atoms with Gasteiger partial charge in [-0.05, 0) is 24.6 Å². The van der Waals surface area contributed by atoms with Gasteiger partial charge in [0, 0.05) is 30.5 Å². The van der Waals surface area contributed by atoms with Gasteiger partial charge in [-0.2, -0.15) is 0 Å². The van der Waals surface area contributed by atoms with E-state index in [9.17, 15) is 9.59 Å². The van der Waals surface area contributed by atoms with E-state index in [-0.39, 0.29) is 17.4 Å². The van der Waals surface area contributed by atoms with E-state index in [1.54, 1.807) is 12.0 Å². The highest BCUT2D eigenvalue weighted by atomic mass is 16.5. The zero-order valence-corrected chi connectivity index (χ0v) is 17.3. The van der Waals surface area contributed by atoms with Gasteiger partial charge in [-0.3, -0.25) is 14.7 Å². The lowest BCUT2D eigenvalue weighted by atomic mass is 10.0. The largest absolute Gasteiger partial charge is 0.495 e. The second-order valence-corrected chi connectivity index (χ2v) is 7.73. The molecule has 1 fully saturated rings. The molecule has 156 valence electrons. The number of fused-ring (bicyclic) bond motifs is 1. The first-order chi connectivity index (χ1) is 15.1. The van der Waals surface area contributed by atoms with Crippen molar-refractivity contribution in [3.63, 3.8) is 0 Å². The second kappa shape index (κ2) is 7.43. The Hall–Kier alpha value is -3.87. The summed E-state index contributed by atoms with van der Waals surface area (Å²) >= 11 is 0. The van der Waals surface area contributed by atoms with Crippen molar-refractivity contribution in [1.29, 1.82) is 0 Å². The predicted molar refractivity (Wildman–Crippen MR) is 119 cm³/mol. The lowest BCUT2D eigenvalue weighted by molar-refractivity contribution is -0.117. The summed E-state index contributed by atoms with van der Waals surface area (Å²) in [5, 5.41) is 3.17. The van der Waals surface area contributed by atoms with Gasteiger partial charge in [-0.25, -0.2) is 9.50 Å². The number of aryl methyl sites for hydroxylation is 1. The molecule has 0 aliphatic carbocycles. The smallest absolute Gasteiger partial charge is 0.272 e. The third kappa shape index (κ3) is 3.18. The van der Waals surface area contributed by atoms with E-state index in [1.807, 2.05) is 61.5 Å². The van der Waals surface area contributed by atoms with Crippen molar-refractivity contribution in [2.45, 2.75) is 19.3 Å². The van der Waals surface area contributed by atoms with Crippen LogP contribution in [0.1, 0.15) is 23.6 Å². The van der Waals surface area contributed by atoms with Crippen molar-refractivity contribution >= 4 is 17.2 Å². The maximum atomic E-state index is 12.9. The SMILES string of the molecule is COc1ccccc1N1CC(c2cc(=O)n3[nH]c(-c4ccccc4)c(C)c3n2)CC1=O. The molecular weight excluding hydrogens is 392 g/mol. The zero-order valence-electron chi connectivity index (χ0n) is 17.3. The van der Waals surface area contributed by atoms with Gasteiger partial charge in [-0.15, -0.1) is 0 Å². The minimum Gasteiger partial charge on any atom is -0.495 e. The van der Waals surface area contributed by atoms with Gasteiger partial charge in [0.1, 0.15) is 5.75 Å².